The quantitative estimate of drug-likeness (QED) is 0.146. The molecule has 120 heavy (non-hydrogen) atoms. The third kappa shape index (κ3) is 27.0. The molecule has 0 atom stereocenters. The summed E-state index contributed by atoms with van der Waals surface area (Å²) >= 11 is -7.50. The average molecular weight is 2110 g/mol. The molecule has 0 N–H and O–H groups in total. The van der Waals surface area contributed by atoms with Crippen LogP contribution < -0.4 is 35.2 Å². The molecule has 16 rings (SSSR count). The number of hydrogen-bond acceptors (Lipinski definition) is 0. The van der Waals surface area contributed by atoms with Gasteiger partial charge in [0.05, 0.1) is 0 Å². The van der Waals surface area contributed by atoms with Crippen molar-refractivity contribution in [2.45, 2.75) is 278 Å². The maximum absolute atomic E-state index is 8.08. The van der Waals surface area contributed by atoms with E-state index in [2.05, 4.69) is 323 Å². The van der Waals surface area contributed by atoms with Gasteiger partial charge in [0.15, 0.2) is 0 Å². The van der Waals surface area contributed by atoms with Crippen LogP contribution >= 0.6 is 0 Å². The van der Waals surface area contributed by atoms with Crippen LogP contribution in [0, 0.1) is 102 Å². The first kappa shape index (κ1) is 85.4. The molecule has 8 aromatic carbocycles. The van der Waals surface area contributed by atoms with Crippen LogP contribution in [0.15, 0.2) is 194 Å². The van der Waals surface area contributed by atoms with Crippen LogP contribution in [0.4, 0.5) is 0 Å². The van der Waals surface area contributed by atoms with Crippen molar-refractivity contribution in [1.29, 1.82) is 0 Å². The Morgan fingerprint density at radius 3 is 0.975 bits per heavy atom. The molecule has 0 radical (unpaired) electrons. The summed E-state index contributed by atoms with van der Waals surface area (Å²) in [6.07, 6.45) is 4.06. The predicted molar refractivity (Wildman–Crippen MR) is 554 cm³/mol. The van der Waals surface area contributed by atoms with E-state index in [0.717, 1.165) is 58.7 Å². The van der Waals surface area contributed by atoms with Crippen LogP contribution in [-0.4, -0.2) is 111 Å². The second kappa shape index (κ2) is 39.7. The molecule has 0 amide bonds. The van der Waals surface area contributed by atoms with Crippen molar-refractivity contribution < 1.29 is 13.7 Å². The van der Waals surface area contributed by atoms with Crippen LogP contribution in [0.3, 0.4) is 0 Å². The van der Waals surface area contributed by atoms with Gasteiger partial charge in [0.1, 0.15) is 0 Å². The molecule has 0 saturated carbocycles. The zero-order valence-electron chi connectivity index (χ0n) is 90.5. The van der Waals surface area contributed by atoms with Gasteiger partial charge in [-0.2, -0.15) is 0 Å². The van der Waals surface area contributed by atoms with Crippen molar-refractivity contribution in [3.8, 4) is 44.5 Å². The first-order valence-electron chi connectivity index (χ1n) is 48.6. The Bertz CT molecular complexity index is 5990. The molecule has 640 valence electrons. The van der Waals surface area contributed by atoms with Gasteiger partial charge < -0.3 is 0 Å². The number of aryl methyl sites for hydroxylation is 10. The van der Waals surface area contributed by atoms with Gasteiger partial charge in [0.25, 0.3) is 0 Å². The first-order chi connectivity index (χ1) is 59.4. The third-order valence-electron chi connectivity index (χ3n) is 22.5. The van der Waals surface area contributed by atoms with Crippen LogP contribution in [0.5, 0.6) is 0 Å². The van der Waals surface area contributed by atoms with Gasteiger partial charge in [-0.3, -0.25) is 0 Å². The van der Waals surface area contributed by atoms with Crippen molar-refractivity contribution in [2.75, 3.05) is 0 Å². The first-order valence-corrected chi connectivity index (χ1v) is 75.6. The van der Waals surface area contributed by atoms with Gasteiger partial charge in [0, 0.05) is 0 Å². The average Bonchev–Trinajstić information content (AvgIpc) is 1.58. The summed E-state index contributed by atoms with van der Waals surface area (Å²) in [4.78, 5) is 0. The summed E-state index contributed by atoms with van der Waals surface area (Å²) in [5, 5.41) is 0. The molecule has 0 unspecified atom stereocenters. The fourth-order valence-electron chi connectivity index (χ4n) is 17.6. The molecule has 8 heterocycles. The van der Waals surface area contributed by atoms with Crippen molar-refractivity contribution >= 4 is 146 Å². The molecule has 0 saturated heterocycles. The Labute approximate surface area is 781 Å². The topological polar surface area (TPSA) is 0 Å². The molecule has 8 heteroatoms. The summed E-state index contributed by atoms with van der Waals surface area (Å²) in [6.45, 7) is 60.4. The molecule has 0 fully saturated rings. The minimum atomic E-state index is -2.08. The molecule has 4 aromatic heterocycles. The Hall–Kier alpha value is -4.07. The Morgan fingerprint density at radius 2 is 0.575 bits per heavy atom. The standard InChI is InChI=1S/4C20H26Ge.2C10H16Se.2C6H8Se/c1-14-7-9-18-16(11-14)17-12-15(13-20(2,3)4)8-10-19(17)21(18,5)6;1-14-7-9-16-17-12-15(13-20(2,3)4)8-10-18(17)21(5,6)19(16)11-14;1-14-8-7-9-18-19(14)16-12-15(13-20(2,3)4)10-11-17(16)21(18,5)6;1-14-8-7-9-16-17-12-15(13-20(2,3)4)10-11-18(17)21(5,6)19(14)16;2*1-8-5-6-9(11-8)7-10(2,3)4;2*1-5-3-4-6(2)7-5/h4*7-12H,13H2,1-6H3;2*5-6H,7H2,1-4H3;2*3-4H,1-2H3/i;;;;5D,6D,7D2;5D,6D;2*3D,4D. The van der Waals surface area contributed by atoms with Gasteiger partial charge in [-0.15, -0.1) is 0 Å². The van der Waals surface area contributed by atoms with E-state index in [-0.39, 0.29) is 46.5 Å². The van der Waals surface area contributed by atoms with Crippen molar-refractivity contribution in [3.05, 3.63) is 274 Å². The number of benzene rings is 8. The number of hydrogen-bond donors (Lipinski definition) is 0. The third-order valence-corrected chi connectivity index (χ3v) is 59.7. The summed E-state index contributed by atoms with van der Waals surface area (Å²) < 4.78 is 97.6. The fourth-order valence-corrected chi connectivity index (χ4v) is 51.6. The van der Waals surface area contributed by atoms with Gasteiger partial charge in [-0.1, -0.05) is 0 Å². The monoisotopic (exact) mass is 2120 g/mol. The fraction of sp³-hybridized carbons (Fsp3) is 0.429. The van der Waals surface area contributed by atoms with E-state index in [0.29, 0.717) is 91.4 Å². The van der Waals surface area contributed by atoms with E-state index < -0.39 is 64.9 Å². The van der Waals surface area contributed by atoms with E-state index in [1.807, 2.05) is 62.3 Å². The summed E-state index contributed by atoms with van der Waals surface area (Å²) in [6, 6.07) is 60.1. The second-order valence-corrected chi connectivity index (χ2v) is 91.2. The van der Waals surface area contributed by atoms with E-state index in [4.69, 9.17) is 13.7 Å². The summed E-state index contributed by atoms with van der Waals surface area (Å²) in [5.74, 6) is 20.3. The molecular weight excluding hydrogens is 1950 g/mol. The van der Waals surface area contributed by atoms with Crippen LogP contribution in [0.2, 0.25) is 46.0 Å². The van der Waals surface area contributed by atoms with Gasteiger partial charge in [0.2, 0.25) is 0 Å². The Morgan fingerprint density at radius 1 is 0.258 bits per heavy atom. The zero-order valence-corrected chi connectivity index (χ0v) is 95.8. The van der Waals surface area contributed by atoms with E-state index in [1.165, 1.54) is 87.9 Å². The van der Waals surface area contributed by atoms with Crippen LogP contribution in [0.25, 0.3) is 44.5 Å². The number of fused-ring (bicyclic) bond motifs is 12. The van der Waals surface area contributed by atoms with Crippen molar-refractivity contribution in [3.63, 3.8) is 0 Å². The van der Waals surface area contributed by atoms with Gasteiger partial charge >= 0.3 is 789 Å². The summed E-state index contributed by atoms with van der Waals surface area (Å²) in [7, 11) is 0. The molecule has 4 aliphatic heterocycles. The van der Waals surface area contributed by atoms with Gasteiger partial charge in [-0.25, -0.2) is 0 Å². The van der Waals surface area contributed by atoms with Crippen LogP contribution in [0.1, 0.15) is 218 Å². The Kier molecular flexibility index (Phi) is 28.2. The van der Waals surface area contributed by atoms with Crippen molar-refractivity contribution in [1.82, 2.24) is 0 Å². The van der Waals surface area contributed by atoms with E-state index in [1.54, 1.807) is 40.7 Å². The maximum atomic E-state index is 8.08. The minimum absolute atomic E-state index is 0.104. The molecular formula is C112H152Ge4Se4. The molecule has 12 aromatic rings. The van der Waals surface area contributed by atoms with Gasteiger partial charge in [-0.05, 0) is 0 Å². The zero-order chi connectivity index (χ0) is 97.9. The Balaban J connectivity index is 0.000000170. The van der Waals surface area contributed by atoms with Crippen LogP contribution in [-0.2, 0) is 38.5 Å². The summed E-state index contributed by atoms with van der Waals surface area (Å²) in [5.41, 5.74) is 25.0. The SMILES string of the molecule is Cc1cc[c]2c(c1)-c1cc(CC(C)(C)C)cc[c]1[Ge]2([CH3])[CH3].Cc1ccc2[c](c1)[Ge]([CH3])([CH3])[c]1ccc(CC(C)(C)C)cc1-2.Cc1ccc[c]2c1-c1cc(CC(C)(C)C)cc[c]1[Ge]2([CH3])[CH3].Cc1cccc2[c]1[Ge]([CH3])([CH3])[c]1ccc(CC(C)(C)C)cc1-2.[2H]c1c(C)[se]c(C([2H])([2H])C(C)(C)C)c1[2H].[2H]c1c(C)[se]c(C)c1[2H].[2H]c1c(C)[se]c(C)c1[2H].[2H]c1c(C)[se]c(CC(C)(C)C)c1[2H]. The molecule has 0 spiro atoms. The van der Waals surface area contributed by atoms with E-state index >= 15 is 0 Å². The molecule has 0 bridgehead atoms. The molecule has 0 aliphatic carbocycles. The van der Waals surface area contributed by atoms with E-state index in [9.17, 15) is 0 Å². The predicted octanol–water partition coefficient (Wildman–Crippen LogP) is 25.5. The molecule has 0 nitrogen and oxygen atoms in total. The molecule has 4 aliphatic rings. The second-order valence-electron chi connectivity index (χ2n) is 43.7. The normalized spacial score (nSPS) is 15.6. The number of rotatable bonds is 6. The van der Waals surface area contributed by atoms with Crippen molar-refractivity contribution in [2.24, 2.45) is 32.5 Å².